The summed E-state index contributed by atoms with van der Waals surface area (Å²) < 4.78 is 10.7. The highest BCUT2D eigenvalue weighted by molar-refractivity contribution is 7.99. The fourth-order valence-corrected chi connectivity index (χ4v) is 4.08. The molecule has 0 spiro atoms. The molecule has 3 heterocycles. The molecule has 3 aromatic rings. The summed E-state index contributed by atoms with van der Waals surface area (Å²) in [6.45, 7) is 2.07. The molecule has 0 aliphatic carbocycles. The molecule has 24 heavy (non-hydrogen) atoms. The lowest BCUT2D eigenvalue weighted by atomic mass is 10.0. The van der Waals surface area contributed by atoms with E-state index in [-0.39, 0.29) is 28.6 Å². The Kier molecular flexibility index (Phi) is 3.65. The first kappa shape index (κ1) is 15.0. The van der Waals surface area contributed by atoms with Crippen LogP contribution in [0.4, 0.5) is 0 Å². The van der Waals surface area contributed by atoms with E-state index in [4.69, 9.17) is 9.15 Å². The number of aromatic nitrogens is 2. The van der Waals surface area contributed by atoms with Gasteiger partial charge in [-0.05, 0) is 24.1 Å². The second kappa shape index (κ2) is 5.83. The van der Waals surface area contributed by atoms with Gasteiger partial charge in [-0.3, -0.25) is 9.78 Å². The van der Waals surface area contributed by atoms with Gasteiger partial charge in [0.1, 0.15) is 5.39 Å². The maximum atomic E-state index is 12.2. The molecule has 1 aliphatic rings. The van der Waals surface area contributed by atoms with Crippen LogP contribution in [-0.4, -0.2) is 22.3 Å². The Hall–Kier alpha value is -2.54. The van der Waals surface area contributed by atoms with E-state index in [9.17, 15) is 9.59 Å². The van der Waals surface area contributed by atoms with Crippen molar-refractivity contribution in [2.75, 3.05) is 12.4 Å². The van der Waals surface area contributed by atoms with Crippen LogP contribution in [0.1, 0.15) is 17.0 Å². The zero-order valence-electron chi connectivity index (χ0n) is 12.9. The van der Waals surface area contributed by atoms with E-state index in [0.717, 1.165) is 5.75 Å². The highest BCUT2D eigenvalue weighted by Gasteiger charge is 2.23. The fourth-order valence-electron chi connectivity index (χ4n) is 2.84. The number of aryl methyl sites for hydroxylation is 1. The first-order valence-corrected chi connectivity index (χ1v) is 8.49. The third-order valence-corrected chi connectivity index (χ3v) is 5.26. The third kappa shape index (κ3) is 2.60. The smallest absolute Gasteiger partial charge is 0.337 e. The van der Waals surface area contributed by atoms with E-state index in [1.54, 1.807) is 18.7 Å². The van der Waals surface area contributed by atoms with Crippen molar-refractivity contribution in [3.63, 3.8) is 0 Å². The number of benzene rings is 1. The number of fused-ring (bicyclic) bond motifs is 2. The minimum absolute atomic E-state index is 0.0000490. The lowest BCUT2D eigenvalue weighted by molar-refractivity contribution is 0.274. The van der Waals surface area contributed by atoms with Gasteiger partial charge in [-0.15, -0.1) is 11.8 Å². The number of aromatic amines is 1. The van der Waals surface area contributed by atoms with E-state index in [1.807, 2.05) is 12.1 Å². The second-order valence-corrected chi connectivity index (χ2v) is 6.72. The average Bonchev–Trinajstić information content (AvgIpc) is 2.95. The van der Waals surface area contributed by atoms with Crippen LogP contribution in [0.25, 0.3) is 11.1 Å². The number of rotatable bonds is 3. The molecule has 1 N–H and O–H groups in total. The van der Waals surface area contributed by atoms with Crippen LogP contribution in [0.2, 0.25) is 0 Å². The van der Waals surface area contributed by atoms with Gasteiger partial charge in [0.05, 0.1) is 6.61 Å². The largest absolute Gasteiger partial charge is 0.464 e. The van der Waals surface area contributed by atoms with Crippen molar-refractivity contribution in [2.24, 2.45) is 0 Å². The molecular formula is C17H14N2O4S. The van der Waals surface area contributed by atoms with Crippen molar-refractivity contribution in [1.29, 1.82) is 0 Å². The summed E-state index contributed by atoms with van der Waals surface area (Å²) in [5, 5.41) is 0.267. The molecule has 1 unspecified atom stereocenters. The number of ether oxygens (including phenoxy) is 1. The van der Waals surface area contributed by atoms with Crippen LogP contribution in [0.5, 0.6) is 6.01 Å². The Labute approximate surface area is 140 Å². The molecule has 7 heteroatoms. The van der Waals surface area contributed by atoms with Gasteiger partial charge < -0.3 is 9.15 Å². The van der Waals surface area contributed by atoms with Crippen molar-refractivity contribution >= 4 is 22.9 Å². The number of thioether (sulfide) groups is 1. The van der Waals surface area contributed by atoms with Crippen LogP contribution in [0, 0.1) is 6.92 Å². The minimum Gasteiger partial charge on any atom is -0.464 e. The van der Waals surface area contributed by atoms with Crippen molar-refractivity contribution in [3.8, 4) is 6.01 Å². The Balaban J connectivity index is 1.62. The lowest BCUT2D eigenvalue weighted by Gasteiger charge is -2.11. The molecule has 0 radical (unpaired) electrons. The van der Waals surface area contributed by atoms with Crippen LogP contribution in [-0.2, 0) is 0 Å². The number of H-pyrrole nitrogens is 1. The first-order valence-electron chi connectivity index (χ1n) is 7.51. The van der Waals surface area contributed by atoms with Crippen molar-refractivity contribution in [3.05, 3.63) is 62.2 Å². The predicted molar refractivity (Wildman–Crippen MR) is 91.0 cm³/mol. The van der Waals surface area contributed by atoms with E-state index >= 15 is 0 Å². The molecular weight excluding hydrogens is 328 g/mol. The van der Waals surface area contributed by atoms with Crippen molar-refractivity contribution in [2.45, 2.75) is 17.7 Å². The average molecular weight is 342 g/mol. The molecule has 1 aromatic carbocycles. The Morgan fingerprint density at radius 3 is 3.08 bits per heavy atom. The Bertz CT molecular complexity index is 1040. The molecule has 1 atom stereocenters. The number of hydrogen-bond donors (Lipinski definition) is 1. The summed E-state index contributed by atoms with van der Waals surface area (Å²) in [5.41, 5.74) is 0.859. The van der Waals surface area contributed by atoms with Crippen LogP contribution in [0.3, 0.4) is 0 Å². The summed E-state index contributed by atoms with van der Waals surface area (Å²) in [5.74, 6) is 1.16. The second-order valence-electron chi connectivity index (χ2n) is 5.66. The lowest BCUT2D eigenvalue weighted by Crippen LogP contribution is -2.17. The SMILES string of the molecule is Cc1cc(=O)oc2nc(OCC3CSc4ccccc43)[nH]c(=O)c12. The topological polar surface area (TPSA) is 85.2 Å². The first-order chi connectivity index (χ1) is 11.6. The molecule has 1 aliphatic heterocycles. The molecule has 0 bridgehead atoms. The quantitative estimate of drug-likeness (QED) is 0.787. The summed E-state index contributed by atoms with van der Waals surface area (Å²) in [7, 11) is 0. The molecule has 2 aromatic heterocycles. The van der Waals surface area contributed by atoms with Gasteiger partial charge in [0, 0.05) is 22.6 Å². The molecule has 122 valence electrons. The molecule has 0 fully saturated rings. The zero-order valence-corrected chi connectivity index (χ0v) is 13.7. The van der Waals surface area contributed by atoms with Gasteiger partial charge in [0.15, 0.2) is 0 Å². The van der Waals surface area contributed by atoms with E-state index in [0.29, 0.717) is 12.2 Å². The summed E-state index contributed by atoms with van der Waals surface area (Å²) in [4.78, 5) is 31.6. The highest BCUT2D eigenvalue weighted by Crippen LogP contribution is 2.39. The van der Waals surface area contributed by atoms with Crippen LogP contribution >= 0.6 is 11.8 Å². The maximum absolute atomic E-state index is 12.2. The van der Waals surface area contributed by atoms with Crippen molar-refractivity contribution < 1.29 is 9.15 Å². The summed E-state index contributed by atoms with van der Waals surface area (Å²) >= 11 is 1.79. The van der Waals surface area contributed by atoms with Gasteiger partial charge in [-0.2, -0.15) is 4.98 Å². The minimum atomic E-state index is -0.537. The molecule has 6 nitrogen and oxygen atoms in total. The van der Waals surface area contributed by atoms with Gasteiger partial charge in [-0.25, -0.2) is 4.79 Å². The van der Waals surface area contributed by atoms with Gasteiger partial charge >= 0.3 is 5.63 Å². The van der Waals surface area contributed by atoms with Crippen molar-refractivity contribution in [1.82, 2.24) is 9.97 Å². The summed E-state index contributed by atoms with van der Waals surface area (Å²) in [6, 6.07) is 9.53. The number of nitrogens with one attached hydrogen (secondary N) is 1. The van der Waals surface area contributed by atoms with E-state index in [1.165, 1.54) is 16.5 Å². The summed E-state index contributed by atoms with van der Waals surface area (Å²) in [6.07, 6.45) is 0. The molecule has 0 saturated carbocycles. The van der Waals surface area contributed by atoms with Gasteiger partial charge in [0.2, 0.25) is 5.71 Å². The van der Waals surface area contributed by atoms with Gasteiger partial charge in [0.25, 0.3) is 11.6 Å². The van der Waals surface area contributed by atoms with Crippen LogP contribution < -0.4 is 15.9 Å². The Morgan fingerprint density at radius 1 is 1.38 bits per heavy atom. The standard InChI is InChI=1S/C17H14N2O4S/c1-9-6-13(20)23-16-14(9)15(21)18-17(19-16)22-7-10-8-24-12-5-3-2-4-11(10)12/h2-6,10H,7-8H2,1H3,(H,18,19,21). The maximum Gasteiger partial charge on any atom is 0.337 e. The fraction of sp³-hybridized carbons (Fsp3) is 0.235. The normalized spacial score (nSPS) is 16.3. The monoisotopic (exact) mass is 342 g/mol. The van der Waals surface area contributed by atoms with Crippen LogP contribution in [0.15, 0.2) is 49.2 Å². The third-order valence-electron chi connectivity index (χ3n) is 4.01. The molecule has 0 amide bonds. The highest BCUT2D eigenvalue weighted by atomic mass is 32.2. The number of hydrogen-bond acceptors (Lipinski definition) is 6. The number of nitrogens with zero attached hydrogens (tertiary/aromatic N) is 1. The van der Waals surface area contributed by atoms with Gasteiger partial charge in [-0.1, -0.05) is 18.2 Å². The Morgan fingerprint density at radius 2 is 2.21 bits per heavy atom. The predicted octanol–water partition coefficient (Wildman–Crippen LogP) is 2.45. The molecule has 0 saturated heterocycles. The molecule has 4 rings (SSSR count). The zero-order chi connectivity index (χ0) is 16.7. The van der Waals surface area contributed by atoms with E-state index in [2.05, 4.69) is 22.1 Å². The van der Waals surface area contributed by atoms with E-state index < -0.39 is 5.63 Å².